The van der Waals surface area contributed by atoms with Crippen molar-refractivity contribution >= 4 is 43.4 Å². The zero-order chi connectivity index (χ0) is 10.4. The lowest BCUT2D eigenvalue weighted by atomic mass is 10.3. The van der Waals surface area contributed by atoms with Crippen LogP contribution in [0.4, 0.5) is 4.39 Å². The van der Waals surface area contributed by atoms with Gasteiger partial charge in [-0.3, -0.25) is 4.79 Å². The van der Waals surface area contributed by atoms with Crippen LogP contribution in [0.1, 0.15) is 0 Å². The van der Waals surface area contributed by atoms with Crippen molar-refractivity contribution in [2.45, 2.75) is 0 Å². The van der Waals surface area contributed by atoms with E-state index >= 15 is 0 Å². The molecule has 0 atom stereocenters. The van der Waals surface area contributed by atoms with Crippen molar-refractivity contribution in [1.82, 2.24) is 9.97 Å². The third-order valence-electron chi connectivity index (χ3n) is 1.92. The molecule has 15 heavy (non-hydrogen) atoms. The zero-order valence-corrected chi connectivity index (χ0v) is 8.86. The number of hydrogen-bond acceptors (Lipinski definition) is 5. The van der Waals surface area contributed by atoms with Crippen LogP contribution in [0, 0.1) is 5.82 Å². The maximum atomic E-state index is 12.9. The maximum absolute atomic E-state index is 12.9. The van der Waals surface area contributed by atoms with Crippen molar-refractivity contribution in [3.8, 4) is 0 Å². The predicted molar refractivity (Wildman–Crippen MR) is 59.0 cm³/mol. The van der Waals surface area contributed by atoms with Gasteiger partial charge in [-0.15, -0.1) is 0 Å². The highest BCUT2D eigenvalue weighted by atomic mass is 32.2. The average molecular weight is 238 g/mol. The van der Waals surface area contributed by atoms with E-state index in [1.165, 1.54) is 12.1 Å². The molecule has 3 nitrogen and oxygen atoms in total. The van der Waals surface area contributed by atoms with Gasteiger partial charge in [-0.2, -0.15) is 0 Å². The number of rotatable bonds is 0. The molecule has 2 aromatic heterocycles. The van der Waals surface area contributed by atoms with Crippen LogP contribution in [0.3, 0.4) is 0 Å². The summed E-state index contributed by atoms with van der Waals surface area (Å²) in [6, 6.07) is 4.21. The Labute approximate surface area is 90.9 Å². The van der Waals surface area contributed by atoms with E-state index in [1.807, 2.05) is 0 Å². The fourth-order valence-electron chi connectivity index (χ4n) is 1.31. The van der Waals surface area contributed by atoms with E-state index in [2.05, 4.69) is 9.97 Å². The SMILES string of the molecule is O=c1sc2nc3ccc(F)cc3nc2s1. The maximum Gasteiger partial charge on any atom is 0.291 e. The minimum Gasteiger partial charge on any atom is -0.265 e. The molecule has 0 aliphatic carbocycles. The normalized spacial score (nSPS) is 11.3. The van der Waals surface area contributed by atoms with Gasteiger partial charge in [0.2, 0.25) is 0 Å². The number of hydrogen-bond donors (Lipinski definition) is 0. The van der Waals surface area contributed by atoms with Crippen LogP contribution < -0.4 is 4.06 Å². The highest BCUT2D eigenvalue weighted by Crippen LogP contribution is 2.21. The molecule has 0 aliphatic rings. The molecule has 0 radical (unpaired) electrons. The summed E-state index contributed by atoms with van der Waals surface area (Å²) >= 11 is 2.11. The molecule has 0 fully saturated rings. The van der Waals surface area contributed by atoms with Crippen molar-refractivity contribution < 1.29 is 4.39 Å². The molecule has 0 aliphatic heterocycles. The standard InChI is InChI=1S/C9H3FN2OS2/c10-4-1-2-5-6(3-4)12-8-7(11-5)14-9(13)15-8/h1-3H. The first-order valence-corrected chi connectivity index (χ1v) is 5.73. The summed E-state index contributed by atoms with van der Waals surface area (Å²) in [5.74, 6) is -0.348. The zero-order valence-electron chi connectivity index (χ0n) is 7.23. The fraction of sp³-hybridized carbons (Fsp3) is 0. The summed E-state index contributed by atoms with van der Waals surface area (Å²) in [7, 11) is 0. The summed E-state index contributed by atoms with van der Waals surface area (Å²) in [5, 5.41) is 0. The molecule has 6 heteroatoms. The van der Waals surface area contributed by atoms with E-state index in [4.69, 9.17) is 0 Å². The van der Waals surface area contributed by atoms with Crippen LogP contribution in [0.2, 0.25) is 0 Å². The van der Waals surface area contributed by atoms with Crippen LogP contribution in [0.15, 0.2) is 23.0 Å². The van der Waals surface area contributed by atoms with Gasteiger partial charge in [0.15, 0.2) is 9.66 Å². The van der Waals surface area contributed by atoms with Crippen molar-refractivity contribution in [2.24, 2.45) is 0 Å². The van der Waals surface area contributed by atoms with Crippen LogP contribution in [0.25, 0.3) is 20.7 Å². The minimum atomic E-state index is -0.348. The summed E-state index contributed by atoms with van der Waals surface area (Å²) in [5.41, 5.74) is 1.09. The molecular formula is C9H3FN2OS2. The highest BCUT2D eigenvalue weighted by molar-refractivity contribution is 7.35. The fourth-order valence-corrected chi connectivity index (χ4v) is 3.07. The first kappa shape index (κ1) is 8.87. The topological polar surface area (TPSA) is 42.9 Å². The van der Waals surface area contributed by atoms with Gasteiger partial charge < -0.3 is 0 Å². The molecular weight excluding hydrogens is 235 g/mol. The van der Waals surface area contributed by atoms with Crippen molar-refractivity contribution in [3.63, 3.8) is 0 Å². The van der Waals surface area contributed by atoms with E-state index in [-0.39, 0.29) is 9.87 Å². The third kappa shape index (κ3) is 1.42. The molecule has 0 amide bonds. The number of aromatic nitrogens is 2. The molecule has 74 valence electrons. The number of fused-ring (bicyclic) bond motifs is 2. The van der Waals surface area contributed by atoms with Crippen molar-refractivity contribution in [3.05, 3.63) is 32.9 Å². The van der Waals surface area contributed by atoms with Crippen LogP contribution in [-0.4, -0.2) is 9.97 Å². The van der Waals surface area contributed by atoms with Crippen molar-refractivity contribution in [2.75, 3.05) is 0 Å². The molecule has 0 saturated heterocycles. The van der Waals surface area contributed by atoms with Crippen LogP contribution in [-0.2, 0) is 0 Å². The van der Waals surface area contributed by atoms with E-state index in [0.717, 1.165) is 22.7 Å². The summed E-state index contributed by atoms with van der Waals surface area (Å²) in [4.78, 5) is 20.7. The molecule has 0 bridgehead atoms. The van der Waals surface area contributed by atoms with Gasteiger partial charge in [0, 0.05) is 6.07 Å². The molecule has 1 aromatic carbocycles. The molecule has 0 unspecified atom stereocenters. The van der Waals surface area contributed by atoms with Crippen molar-refractivity contribution in [1.29, 1.82) is 0 Å². The van der Waals surface area contributed by atoms with E-state index in [1.54, 1.807) is 6.07 Å². The van der Waals surface area contributed by atoms with Gasteiger partial charge >= 0.3 is 0 Å². The lowest BCUT2D eigenvalue weighted by Gasteiger charge is -1.95. The summed E-state index contributed by atoms with van der Waals surface area (Å²) in [6.45, 7) is 0. The van der Waals surface area contributed by atoms with Crippen LogP contribution in [0.5, 0.6) is 0 Å². The molecule has 0 N–H and O–H groups in total. The van der Waals surface area contributed by atoms with E-state index in [9.17, 15) is 9.18 Å². The Kier molecular flexibility index (Phi) is 1.80. The quantitative estimate of drug-likeness (QED) is 0.604. The largest absolute Gasteiger partial charge is 0.291 e. The Morgan fingerprint density at radius 3 is 2.47 bits per heavy atom. The average Bonchev–Trinajstić information content (AvgIpc) is 2.53. The summed E-state index contributed by atoms with van der Waals surface area (Å²) < 4.78 is 12.9. The molecule has 0 spiro atoms. The Hall–Kier alpha value is -1.40. The molecule has 0 saturated carbocycles. The van der Waals surface area contributed by atoms with Gasteiger partial charge in [-0.1, -0.05) is 22.7 Å². The second-order valence-electron chi connectivity index (χ2n) is 2.92. The van der Waals surface area contributed by atoms with E-state index in [0.29, 0.717) is 20.7 Å². The molecule has 2 heterocycles. The Morgan fingerprint density at radius 1 is 1.07 bits per heavy atom. The minimum absolute atomic E-state index is 0.0409. The van der Waals surface area contributed by atoms with Gasteiger partial charge in [-0.05, 0) is 12.1 Å². The Bertz CT molecular complexity index is 719. The molecule has 3 aromatic rings. The number of benzene rings is 1. The first-order chi connectivity index (χ1) is 7.22. The third-order valence-corrected chi connectivity index (χ3v) is 3.84. The lowest BCUT2D eigenvalue weighted by molar-refractivity contribution is 0.629. The van der Waals surface area contributed by atoms with Gasteiger partial charge in [-0.25, -0.2) is 14.4 Å². The van der Waals surface area contributed by atoms with Gasteiger partial charge in [0.05, 0.1) is 11.0 Å². The lowest BCUT2D eigenvalue weighted by Crippen LogP contribution is -1.84. The molecule has 3 rings (SSSR count). The number of nitrogens with zero attached hydrogens (tertiary/aromatic N) is 2. The summed E-state index contributed by atoms with van der Waals surface area (Å²) in [6.07, 6.45) is 0. The first-order valence-electron chi connectivity index (χ1n) is 4.09. The van der Waals surface area contributed by atoms with Gasteiger partial charge in [0.25, 0.3) is 4.06 Å². The van der Waals surface area contributed by atoms with Crippen LogP contribution >= 0.6 is 22.7 Å². The second kappa shape index (κ2) is 3.04. The number of halogens is 1. The monoisotopic (exact) mass is 238 g/mol. The Morgan fingerprint density at radius 2 is 1.73 bits per heavy atom. The Balaban J connectivity index is 2.51. The highest BCUT2D eigenvalue weighted by Gasteiger charge is 2.06. The second-order valence-corrected chi connectivity index (χ2v) is 5.10. The van der Waals surface area contributed by atoms with E-state index < -0.39 is 0 Å². The smallest absolute Gasteiger partial charge is 0.265 e. The van der Waals surface area contributed by atoms with Gasteiger partial charge in [0.1, 0.15) is 5.82 Å². The predicted octanol–water partition coefficient (Wildman–Crippen LogP) is 2.41.